The van der Waals surface area contributed by atoms with Crippen molar-refractivity contribution in [3.63, 3.8) is 0 Å². The minimum atomic E-state index is -1.30. The van der Waals surface area contributed by atoms with E-state index in [1.165, 1.54) is 0 Å². The summed E-state index contributed by atoms with van der Waals surface area (Å²) in [4.78, 5) is 41.9. The first-order chi connectivity index (χ1) is 9.81. The first-order valence-electron chi connectivity index (χ1n) is 5.11. The Hall–Kier alpha value is -3.50. The fraction of sp³-hybridized carbons (Fsp3) is 0. The zero-order chi connectivity index (χ0) is 15.7. The fourth-order valence-corrected chi connectivity index (χ4v) is 1.54. The van der Waals surface area contributed by atoms with Crippen LogP contribution >= 0.6 is 0 Å². The molecular weight excluding hydrogens is 292 g/mol. The van der Waals surface area contributed by atoms with Crippen molar-refractivity contribution in [2.24, 2.45) is 0 Å². The number of hydrogen-bond donors (Lipinski definition) is 1. The van der Waals surface area contributed by atoms with Gasteiger partial charge in [0.15, 0.2) is 5.75 Å². The molecule has 0 radical (unpaired) electrons. The van der Waals surface area contributed by atoms with Gasteiger partial charge in [0.25, 0.3) is 5.75 Å². The third-order valence-electron chi connectivity index (χ3n) is 2.31. The Morgan fingerprint density at radius 1 is 0.952 bits per heavy atom. The van der Waals surface area contributed by atoms with Crippen molar-refractivity contribution in [3.8, 4) is 17.2 Å². The number of aromatic hydroxyl groups is 1. The van der Waals surface area contributed by atoms with Crippen molar-refractivity contribution < 1.29 is 34.0 Å². The van der Waals surface area contributed by atoms with Gasteiger partial charge in [-0.2, -0.15) is 0 Å². The molecule has 1 N–H and O–H groups in total. The van der Waals surface area contributed by atoms with E-state index in [0.29, 0.717) is 18.2 Å². The van der Waals surface area contributed by atoms with Gasteiger partial charge >= 0.3 is 23.3 Å². The minimum Gasteiger partial charge on any atom is -0.502 e. The minimum absolute atomic E-state index is 0.574. The van der Waals surface area contributed by atoms with E-state index in [1.807, 2.05) is 0 Å². The summed E-state index contributed by atoms with van der Waals surface area (Å²) < 4.78 is 9.16. The third-order valence-corrected chi connectivity index (χ3v) is 2.31. The molecule has 1 aliphatic heterocycles. The maximum absolute atomic E-state index is 11.3. The maximum Gasteiger partial charge on any atom is 0.396 e. The Morgan fingerprint density at radius 3 is 2.00 bits per heavy atom. The lowest BCUT2D eigenvalue weighted by Gasteiger charge is -2.11. The van der Waals surface area contributed by atoms with Crippen LogP contribution in [-0.4, -0.2) is 26.9 Å². The zero-order valence-corrected chi connectivity index (χ0v) is 9.84. The van der Waals surface area contributed by atoms with E-state index in [4.69, 9.17) is 0 Å². The van der Waals surface area contributed by atoms with Crippen LogP contribution in [0.2, 0.25) is 0 Å². The first-order valence-corrected chi connectivity index (χ1v) is 5.11. The van der Waals surface area contributed by atoms with Crippen molar-refractivity contribution in [2.45, 2.75) is 0 Å². The lowest BCUT2D eigenvalue weighted by Crippen LogP contribution is -2.15. The Kier molecular flexibility index (Phi) is 3.24. The van der Waals surface area contributed by atoms with Crippen LogP contribution in [0, 0.1) is 20.2 Å². The Bertz CT molecular complexity index is 722. The van der Waals surface area contributed by atoms with Gasteiger partial charge in [-0.3, -0.25) is 20.2 Å². The summed E-state index contributed by atoms with van der Waals surface area (Å²) in [7, 11) is 0. The highest BCUT2D eigenvalue weighted by Gasteiger charge is 2.39. The van der Waals surface area contributed by atoms with Gasteiger partial charge in [0.1, 0.15) is 0 Å². The van der Waals surface area contributed by atoms with E-state index < -0.39 is 50.4 Å². The third kappa shape index (κ3) is 2.47. The molecule has 108 valence electrons. The number of hydrogen-bond acceptors (Lipinski definition) is 9. The van der Waals surface area contributed by atoms with Gasteiger partial charge in [-0.15, -0.1) is 0 Å². The van der Waals surface area contributed by atoms with Crippen LogP contribution in [0.1, 0.15) is 0 Å². The summed E-state index contributed by atoms with van der Waals surface area (Å²) in [6.45, 7) is 0. The van der Waals surface area contributed by atoms with Crippen LogP contribution in [0.5, 0.6) is 17.2 Å². The highest BCUT2D eigenvalue weighted by atomic mass is 16.6. The van der Waals surface area contributed by atoms with Crippen molar-refractivity contribution >= 4 is 23.3 Å². The zero-order valence-electron chi connectivity index (χ0n) is 9.84. The number of benzene rings is 1. The van der Waals surface area contributed by atoms with Crippen molar-refractivity contribution in [3.05, 3.63) is 38.4 Å². The molecule has 0 unspecified atom stereocenters. The van der Waals surface area contributed by atoms with Gasteiger partial charge in [-0.1, -0.05) is 0 Å². The number of phenols is 1. The molecule has 1 aliphatic rings. The average molecular weight is 296 g/mol. The molecule has 2 rings (SSSR count). The molecule has 0 saturated heterocycles. The fourth-order valence-electron chi connectivity index (χ4n) is 1.54. The van der Waals surface area contributed by atoms with Crippen molar-refractivity contribution in [2.75, 3.05) is 0 Å². The van der Waals surface area contributed by atoms with E-state index in [1.54, 1.807) is 0 Å². The normalized spacial score (nSPS) is 15.0. The van der Waals surface area contributed by atoms with Gasteiger partial charge in [-0.05, 0) is 0 Å². The van der Waals surface area contributed by atoms with Crippen LogP contribution in [0.25, 0.3) is 0 Å². The molecule has 0 fully saturated rings. The summed E-state index contributed by atoms with van der Waals surface area (Å²) >= 11 is 0. The summed E-state index contributed by atoms with van der Waals surface area (Å²) in [5.74, 6) is -4.98. The van der Waals surface area contributed by atoms with Crippen LogP contribution < -0.4 is 9.47 Å². The topological polar surface area (TPSA) is 159 Å². The van der Waals surface area contributed by atoms with E-state index in [-0.39, 0.29) is 0 Å². The number of carbonyl (C=O) groups is 2. The molecule has 1 aromatic carbocycles. The highest BCUT2D eigenvalue weighted by molar-refractivity contribution is 5.96. The quantitative estimate of drug-likeness (QED) is 0.356. The Labute approximate surface area is 114 Å². The standard InChI is InChI=1S/C10H4N2O9/c13-4-3-5-10(9(12(18)19)8(4)11(16)17)21-7(15)2-1-6(14)20-5/h1-3,13H/b2-1+. The number of rotatable bonds is 2. The summed E-state index contributed by atoms with van der Waals surface area (Å²) in [6.07, 6.45) is 1.32. The van der Waals surface area contributed by atoms with Crippen molar-refractivity contribution in [1.82, 2.24) is 0 Å². The molecule has 11 nitrogen and oxygen atoms in total. The lowest BCUT2D eigenvalue weighted by atomic mass is 10.2. The largest absolute Gasteiger partial charge is 0.502 e. The molecule has 11 heteroatoms. The van der Waals surface area contributed by atoms with Gasteiger partial charge in [0.05, 0.1) is 9.85 Å². The van der Waals surface area contributed by atoms with Crippen molar-refractivity contribution in [1.29, 1.82) is 0 Å². The molecule has 0 atom stereocenters. The average Bonchev–Trinajstić information content (AvgIpc) is 2.36. The second kappa shape index (κ2) is 4.88. The Balaban J connectivity index is 2.81. The monoisotopic (exact) mass is 296 g/mol. The lowest BCUT2D eigenvalue weighted by molar-refractivity contribution is -0.423. The van der Waals surface area contributed by atoms with E-state index in [9.17, 15) is 34.9 Å². The summed E-state index contributed by atoms with van der Waals surface area (Å²) in [5, 5.41) is 31.3. The molecule has 0 saturated carbocycles. The predicted molar refractivity (Wildman–Crippen MR) is 61.8 cm³/mol. The smallest absolute Gasteiger partial charge is 0.396 e. The van der Waals surface area contributed by atoms with E-state index >= 15 is 0 Å². The molecule has 1 aromatic rings. The number of nitro groups is 2. The van der Waals surface area contributed by atoms with E-state index in [0.717, 1.165) is 0 Å². The predicted octanol–water partition coefficient (Wildman–Crippen LogP) is 0.589. The number of fused-ring (bicyclic) bond motifs is 1. The number of nitrogens with zero attached hydrogens (tertiary/aromatic N) is 2. The number of phenolic OH excluding ortho intramolecular Hbond substituents is 1. The van der Waals surface area contributed by atoms with Gasteiger partial charge in [0.2, 0.25) is 5.75 Å². The molecular formula is C10H4N2O9. The van der Waals surface area contributed by atoms with Gasteiger partial charge in [-0.25, -0.2) is 9.59 Å². The van der Waals surface area contributed by atoms with Crippen LogP contribution in [0.4, 0.5) is 11.4 Å². The SMILES string of the molecule is O=C1/C=C/C(=O)Oc2c(cc(O)c([N+](=O)[O-])c2[N+](=O)[O-])O1. The Morgan fingerprint density at radius 2 is 1.48 bits per heavy atom. The van der Waals surface area contributed by atoms with E-state index in [2.05, 4.69) is 9.47 Å². The highest BCUT2D eigenvalue weighted by Crippen LogP contribution is 2.49. The second-order valence-corrected chi connectivity index (χ2v) is 3.61. The second-order valence-electron chi connectivity index (χ2n) is 3.61. The first kappa shape index (κ1) is 13.9. The number of carbonyl (C=O) groups excluding carboxylic acids is 2. The van der Waals surface area contributed by atoms with Gasteiger partial charge in [0, 0.05) is 18.2 Å². The molecule has 0 amide bonds. The van der Waals surface area contributed by atoms with Crippen LogP contribution in [-0.2, 0) is 9.59 Å². The molecule has 0 aliphatic carbocycles. The van der Waals surface area contributed by atoms with Crippen LogP contribution in [0.3, 0.4) is 0 Å². The summed E-state index contributed by atoms with van der Waals surface area (Å²) in [6, 6.07) is 0.574. The molecule has 0 spiro atoms. The molecule has 0 aromatic heterocycles. The van der Waals surface area contributed by atoms with Gasteiger partial charge < -0.3 is 14.6 Å². The van der Waals surface area contributed by atoms with Crippen LogP contribution in [0.15, 0.2) is 18.2 Å². The molecule has 1 heterocycles. The number of nitro benzene ring substituents is 2. The molecule has 21 heavy (non-hydrogen) atoms. The number of esters is 2. The molecule has 0 bridgehead atoms. The maximum atomic E-state index is 11.3. The summed E-state index contributed by atoms with van der Waals surface area (Å²) in [5.41, 5.74) is -2.58. The number of ether oxygens (including phenoxy) is 2.